The third kappa shape index (κ3) is 4.21. The molecule has 3 N–H and O–H groups in total. The largest absolute Gasteiger partial charge is 0.513 e. The van der Waals surface area contributed by atoms with E-state index in [-0.39, 0.29) is 28.0 Å². The summed E-state index contributed by atoms with van der Waals surface area (Å²) in [5.41, 5.74) is 5.24. The number of carbonyl (C=O) groups is 3. The zero-order chi connectivity index (χ0) is 15.3. The molecule has 0 aromatic heterocycles. The first kappa shape index (κ1) is 17.0. The van der Waals surface area contributed by atoms with Crippen LogP contribution in [0, 0.1) is 5.92 Å². The van der Waals surface area contributed by atoms with Gasteiger partial charge in [0.2, 0.25) is 5.91 Å². The van der Waals surface area contributed by atoms with E-state index in [1.54, 1.807) is 0 Å². The number of nitrogens with two attached hydrogens (primary N) is 1. The van der Waals surface area contributed by atoms with Gasteiger partial charge in [-0.3, -0.25) is 9.59 Å². The fraction of sp³-hybridized carbons (Fsp3) is 0.769. The van der Waals surface area contributed by atoms with Gasteiger partial charge in [-0.2, -0.15) is 4.79 Å². The van der Waals surface area contributed by atoms with E-state index in [0.717, 1.165) is 24.6 Å². The van der Waals surface area contributed by atoms with Gasteiger partial charge in [-0.15, -0.1) is 0 Å². The van der Waals surface area contributed by atoms with Crippen LogP contribution in [0.2, 0.25) is 0 Å². The molecule has 1 heterocycles. The van der Waals surface area contributed by atoms with Gasteiger partial charge in [0.1, 0.15) is 0 Å². The molecule has 7 heteroatoms. The van der Waals surface area contributed by atoms with E-state index in [4.69, 9.17) is 5.73 Å². The van der Waals surface area contributed by atoms with Gasteiger partial charge in [0.25, 0.3) is 0 Å². The Morgan fingerprint density at radius 2 is 2.10 bits per heavy atom. The number of thioether (sulfide) groups is 1. The number of likely N-dealkylation sites (tertiary alicyclic amines) is 1. The Bertz CT molecular complexity index is 402. The highest BCUT2D eigenvalue weighted by molar-refractivity contribution is 8.13. The normalized spacial score (nSPS) is 27.2. The fourth-order valence-electron chi connectivity index (χ4n) is 2.93. The van der Waals surface area contributed by atoms with Crippen LogP contribution in [0.15, 0.2) is 0 Å². The third-order valence-corrected chi connectivity index (χ3v) is 5.04. The minimum Gasteiger partial charge on any atom is -0.435 e. The zero-order valence-electron chi connectivity index (χ0n) is 12.0. The van der Waals surface area contributed by atoms with Crippen LogP contribution in [0.4, 0.5) is 4.79 Å². The summed E-state index contributed by atoms with van der Waals surface area (Å²) in [5.74, 6) is -0.189. The molecule has 0 aromatic rings. The first-order valence-electron chi connectivity index (χ1n) is 6.80. The highest BCUT2D eigenvalue weighted by atomic mass is 32.2. The van der Waals surface area contributed by atoms with E-state index in [2.05, 4.69) is 0 Å². The van der Waals surface area contributed by atoms with Crippen molar-refractivity contribution in [2.45, 2.75) is 39.2 Å². The Kier molecular flexibility index (Phi) is 6.01. The number of primary amides is 1. The molecule has 0 bridgehead atoms. The average Bonchev–Trinajstić information content (AvgIpc) is 2.68. The SMILES string of the molecule is CC(=O)SCC(CC(N)=O)C[N+]1(C(=O)O)CCC[C@H]1C. The van der Waals surface area contributed by atoms with E-state index in [0.29, 0.717) is 18.8 Å². The highest BCUT2D eigenvalue weighted by Gasteiger charge is 2.47. The van der Waals surface area contributed by atoms with Crippen LogP contribution in [0.1, 0.15) is 33.1 Å². The maximum atomic E-state index is 11.7. The molecular weight excluding hydrogens is 280 g/mol. The van der Waals surface area contributed by atoms with Gasteiger partial charge >= 0.3 is 6.09 Å². The second-order valence-electron chi connectivity index (χ2n) is 5.55. The zero-order valence-corrected chi connectivity index (χ0v) is 12.8. The lowest BCUT2D eigenvalue weighted by Crippen LogP contribution is -2.57. The van der Waals surface area contributed by atoms with Gasteiger partial charge < -0.3 is 10.8 Å². The molecule has 0 radical (unpaired) electrons. The molecule has 1 fully saturated rings. The van der Waals surface area contributed by atoms with Gasteiger partial charge in [0, 0.05) is 37.9 Å². The molecule has 2 unspecified atom stereocenters. The average molecular weight is 303 g/mol. The molecule has 1 rings (SSSR count). The van der Waals surface area contributed by atoms with Crippen molar-refractivity contribution in [3.63, 3.8) is 0 Å². The molecule has 1 aliphatic heterocycles. The van der Waals surface area contributed by atoms with Gasteiger partial charge in [0.05, 0.1) is 19.1 Å². The monoisotopic (exact) mass is 303 g/mol. The van der Waals surface area contributed by atoms with E-state index in [1.165, 1.54) is 6.92 Å². The second-order valence-corrected chi connectivity index (χ2v) is 6.75. The van der Waals surface area contributed by atoms with Crippen LogP contribution >= 0.6 is 11.8 Å². The maximum absolute atomic E-state index is 11.7. The van der Waals surface area contributed by atoms with Crippen molar-refractivity contribution in [2.75, 3.05) is 18.8 Å². The van der Waals surface area contributed by atoms with Crippen molar-refractivity contribution in [1.82, 2.24) is 0 Å². The summed E-state index contributed by atoms with van der Waals surface area (Å²) in [5, 5.41) is 9.55. The van der Waals surface area contributed by atoms with Crippen molar-refractivity contribution < 1.29 is 24.0 Å². The Balaban J connectivity index is 2.81. The summed E-state index contributed by atoms with van der Waals surface area (Å²) in [6.45, 7) is 4.34. The number of carboxylic acid groups (broad SMARTS) is 1. The molecule has 0 aromatic carbocycles. The highest BCUT2D eigenvalue weighted by Crippen LogP contribution is 2.30. The van der Waals surface area contributed by atoms with Gasteiger partial charge in [0.15, 0.2) is 5.12 Å². The summed E-state index contributed by atoms with van der Waals surface area (Å²) in [6, 6.07) is 0.0326. The Hall–Kier alpha value is -1.08. The van der Waals surface area contributed by atoms with Crippen LogP contribution in [-0.4, -0.2) is 51.6 Å². The summed E-state index contributed by atoms with van der Waals surface area (Å²) in [6.07, 6.45) is 1.02. The molecular formula is C13H23N2O4S+. The number of nitrogens with zero attached hydrogens (tertiary/aromatic N) is 1. The fourth-order valence-corrected chi connectivity index (χ4v) is 3.62. The first-order valence-corrected chi connectivity index (χ1v) is 7.78. The lowest BCUT2D eigenvalue weighted by Gasteiger charge is -2.35. The van der Waals surface area contributed by atoms with E-state index >= 15 is 0 Å². The van der Waals surface area contributed by atoms with E-state index < -0.39 is 12.0 Å². The summed E-state index contributed by atoms with van der Waals surface area (Å²) >= 11 is 1.13. The van der Waals surface area contributed by atoms with Crippen LogP contribution in [0.25, 0.3) is 0 Å². The molecule has 3 atom stereocenters. The molecule has 0 spiro atoms. The maximum Gasteiger partial charge on any atom is 0.513 e. The Morgan fingerprint density at radius 3 is 2.50 bits per heavy atom. The van der Waals surface area contributed by atoms with Crippen molar-refractivity contribution in [3.05, 3.63) is 0 Å². The standard InChI is InChI=1S/C13H22N2O4S/c1-9-4-3-5-15(9,13(18)19)7-11(6-12(14)17)8-20-10(2)16/h9,11H,3-8H2,1-2H3,(H2-,14,17,18,19)/p+1/t9-,11?,15?/m1/s1. The third-order valence-electron chi connectivity index (χ3n) is 4.00. The minimum absolute atomic E-state index is 0.0174. The smallest absolute Gasteiger partial charge is 0.435 e. The van der Waals surface area contributed by atoms with Crippen molar-refractivity contribution in [2.24, 2.45) is 11.7 Å². The van der Waals surface area contributed by atoms with E-state index in [9.17, 15) is 19.5 Å². The molecule has 114 valence electrons. The van der Waals surface area contributed by atoms with Crippen molar-refractivity contribution in [1.29, 1.82) is 0 Å². The number of amides is 2. The van der Waals surface area contributed by atoms with Crippen LogP contribution in [0.3, 0.4) is 0 Å². The quantitative estimate of drug-likeness (QED) is 0.723. The molecule has 2 amide bonds. The lowest BCUT2D eigenvalue weighted by molar-refractivity contribution is -0.870. The Morgan fingerprint density at radius 1 is 1.45 bits per heavy atom. The van der Waals surface area contributed by atoms with Crippen LogP contribution < -0.4 is 5.73 Å². The molecule has 1 saturated heterocycles. The topological polar surface area (TPSA) is 97.5 Å². The van der Waals surface area contributed by atoms with Crippen LogP contribution in [0.5, 0.6) is 0 Å². The predicted molar refractivity (Wildman–Crippen MR) is 77.2 cm³/mol. The second kappa shape index (κ2) is 7.08. The van der Waals surface area contributed by atoms with Gasteiger partial charge in [-0.25, -0.2) is 4.48 Å². The predicted octanol–water partition coefficient (Wildman–Crippen LogP) is 1.43. The summed E-state index contributed by atoms with van der Waals surface area (Å²) in [7, 11) is 0. The molecule has 0 aliphatic carbocycles. The van der Waals surface area contributed by atoms with Crippen LogP contribution in [-0.2, 0) is 9.59 Å². The van der Waals surface area contributed by atoms with E-state index in [1.807, 2.05) is 6.92 Å². The molecule has 1 aliphatic rings. The minimum atomic E-state index is -0.850. The Labute approximate surface area is 123 Å². The first-order chi connectivity index (χ1) is 9.28. The van der Waals surface area contributed by atoms with Crippen molar-refractivity contribution >= 4 is 28.9 Å². The molecule has 20 heavy (non-hydrogen) atoms. The summed E-state index contributed by atoms with van der Waals surface area (Å²) in [4.78, 5) is 33.9. The number of hydrogen-bond acceptors (Lipinski definition) is 4. The van der Waals surface area contributed by atoms with Gasteiger partial charge in [-0.1, -0.05) is 11.8 Å². The molecule has 0 saturated carbocycles. The number of rotatable bonds is 6. The van der Waals surface area contributed by atoms with Crippen molar-refractivity contribution in [3.8, 4) is 0 Å². The summed E-state index contributed by atoms with van der Waals surface area (Å²) < 4.78 is -0.0174. The molecule has 6 nitrogen and oxygen atoms in total. The number of hydrogen-bond donors (Lipinski definition) is 2. The lowest BCUT2D eigenvalue weighted by atomic mass is 10.0. The van der Waals surface area contributed by atoms with Gasteiger partial charge in [-0.05, 0) is 6.92 Å². The number of carbonyl (C=O) groups excluding carboxylic acids is 2. The number of quaternary nitrogens is 1.